The van der Waals surface area contributed by atoms with E-state index >= 15 is 0 Å². The van der Waals surface area contributed by atoms with E-state index < -0.39 is 0 Å². The first-order valence-electron chi connectivity index (χ1n) is 4.15. The molecule has 68 valence electrons. The second-order valence-electron chi connectivity index (χ2n) is 2.94. The molecule has 0 spiro atoms. The molecule has 0 atom stereocenters. The maximum absolute atomic E-state index is 5.13. The van der Waals surface area contributed by atoms with Gasteiger partial charge >= 0.3 is 0 Å². The molecule has 1 aromatic carbocycles. The van der Waals surface area contributed by atoms with Gasteiger partial charge in [0.05, 0.1) is 7.11 Å². The van der Waals surface area contributed by atoms with Crippen molar-refractivity contribution in [2.75, 3.05) is 7.11 Å². The van der Waals surface area contributed by atoms with Crippen molar-refractivity contribution in [3.05, 3.63) is 42.5 Å². The predicted octanol–water partition coefficient (Wildman–Crippen LogP) is 3.37. The lowest BCUT2D eigenvalue weighted by Gasteiger charge is -2.07. The van der Waals surface area contributed by atoms with Crippen molar-refractivity contribution in [2.24, 2.45) is 0 Å². The minimum atomic E-state index is 0.851. The zero-order chi connectivity index (χ0) is 9.84. The van der Waals surface area contributed by atoms with Crippen LogP contribution in [0.4, 0.5) is 0 Å². The normalized spacial score (nSPS) is 9.38. The van der Waals surface area contributed by atoms with Crippen molar-refractivity contribution in [3.63, 3.8) is 0 Å². The van der Waals surface area contributed by atoms with Gasteiger partial charge in [-0.1, -0.05) is 30.9 Å². The molecule has 0 aliphatic rings. The van der Waals surface area contributed by atoms with Gasteiger partial charge in [0, 0.05) is 0 Å². The molecule has 0 fully saturated rings. The molecule has 0 aliphatic heterocycles. The number of methoxy groups -OCH3 is 1. The monoisotopic (exact) mass is 174 g/mol. The summed E-state index contributed by atoms with van der Waals surface area (Å²) in [5.41, 5.74) is 3.21. The second-order valence-corrected chi connectivity index (χ2v) is 2.94. The lowest BCUT2D eigenvalue weighted by molar-refractivity contribution is 0.414. The first-order chi connectivity index (χ1) is 6.19. The third-order valence-corrected chi connectivity index (χ3v) is 1.94. The van der Waals surface area contributed by atoms with Gasteiger partial charge in [-0.15, -0.1) is 0 Å². The van der Waals surface area contributed by atoms with Crippen LogP contribution >= 0.6 is 0 Å². The van der Waals surface area contributed by atoms with Crippen LogP contribution in [0.1, 0.15) is 18.1 Å². The molecule has 0 aliphatic carbocycles. The molecule has 0 radical (unpaired) electrons. The highest BCUT2D eigenvalue weighted by molar-refractivity contribution is 5.72. The lowest BCUT2D eigenvalue weighted by atomic mass is 10.0. The van der Waals surface area contributed by atoms with Crippen LogP contribution < -0.4 is 4.74 Å². The third-order valence-electron chi connectivity index (χ3n) is 1.94. The van der Waals surface area contributed by atoms with E-state index in [0.29, 0.717) is 0 Å². The van der Waals surface area contributed by atoms with Crippen LogP contribution in [-0.4, -0.2) is 7.11 Å². The second kappa shape index (κ2) is 3.94. The van der Waals surface area contributed by atoms with Crippen molar-refractivity contribution < 1.29 is 4.74 Å². The Kier molecular flexibility index (Phi) is 2.91. The fourth-order valence-corrected chi connectivity index (χ4v) is 1.21. The molecule has 1 aromatic rings. The summed E-state index contributed by atoms with van der Waals surface area (Å²) in [6, 6.07) is 5.87. The van der Waals surface area contributed by atoms with Crippen LogP contribution in [0.15, 0.2) is 31.4 Å². The fourth-order valence-electron chi connectivity index (χ4n) is 1.21. The van der Waals surface area contributed by atoms with Gasteiger partial charge < -0.3 is 4.74 Å². The smallest absolute Gasteiger partial charge is 0.119 e. The summed E-state index contributed by atoms with van der Waals surface area (Å²) < 4.78 is 5.13. The summed E-state index contributed by atoms with van der Waals surface area (Å²) >= 11 is 0. The predicted molar refractivity (Wildman–Crippen MR) is 57.8 cm³/mol. The Labute approximate surface area is 79.4 Å². The number of rotatable bonds is 3. The Bertz CT molecular complexity index is 337. The summed E-state index contributed by atoms with van der Waals surface area (Å²) in [7, 11) is 1.66. The third kappa shape index (κ3) is 2.00. The molecule has 0 amide bonds. The maximum atomic E-state index is 5.13. The van der Waals surface area contributed by atoms with E-state index in [0.717, 1.165) is 22.4 Å². The number of allylic oxidation sites excluding steroid dienone is 1. The molecule has 0 saturated heterocycles. The molecule has 0 N–H and O–H groups in total. The van der Waals surface area contributed by atoms with Crippen molar-refractivity contribution >= 4 is 11.6 Å². The summed E-state index contributed by atoms with van der Waals surface area (Å²) in [4.78, 5) is 0. The molecule has 13 heavy (non-hydrogen) atoms. The van der Waals surface area contributed by atoms with Crippen LogP contribution in [0.3, 0.4) is 0 Å². The largest absolute Gasteiger partial charge is 0.497 e. The van der Waals surface area contributed by atoms with E-state index in [9.17, 15) is 0 Å². The highest BCUT2D eigenvalue weighted by Crippen LogP contribution is 2.23. The van der Waals surface area contributed by atoms with Gasteiger partial charge in [-0.2, -0.15) is 0 Å². The molecular weight excluding hydrogens is 160 g/mol. The Morgan fingerprint density at radius 3 is 2.62 bits per heavy atom. The van der Waals surface area contributed by atoms with E-state index in [1.807, 2.05) is 31.2 Å². The van der Waals surface area contributed by atoms with E-state index in [-0.39, 0.29) is 0 Å². The minimum absolute atomic E-state index is 0.851. The highest BCUT2D eigenvalue weighted by Gasteiger charge is 2.01. The fraction of sp³-hybridized carbons (Fsp3) is 0.167. The molecule has 0 heterocycles. The van der Waals surface area contributed by atoms with Gasteiger partial charge in [0.1, 0.15) is 5.75 Å². The summed E-state index contributed by atoms with van der Waals surface area (Å²) in [5, 5.41) is 0. The van der Waals surface area contributed by atoms with E-state index in [1.165, 1.54) is 0 Å². The maximum Gasteiger partial charge on any atom is 0.119 e. The van der Waals surface area contributed by atoms with E-state index in [4.69, 9.17) is 4.74 Å². The van der Waals surface area contributed by atoms with Crippen LogP contribution in [0.5, 0.6) is 5.75 Å². The Morgan fingerprint density at radius 1 is 1.46 bits per heavy atom. The molecule has 1 heteroatoms. The van der Waals surface area contributed by atoms with Crippen LogP contribution in [0.25, 0.3) is 11.6 Å². The Balaban J connectivity index is 3.25. The standard InChI is InChI=1S/C12H14O/c1-5-10-6-7-11(13-4)8-12(10)9(2)3/h5-8H,1-2H2,3-4H3. The van der Waals surface area contributed by atoms with Crippen molar-refractivity contribution in [3.8, 4) is 5.75 Å². The summed E-state index contributed by atoms with van der Waals surface area (Å²) in [6.45, 7) is 9.63. The number of ether oxygens (including phenoxy) is 1. The van der Waals surface area contributed by atoms with Crippen LogP contribution in [0.2, 0.25) is 0 Å². The average Bonchev–Trinajstić information content (AvgIpc) is 2.16. The van der Waals surface area contributed by atoms with E-state index in [1.54, 1.807) is 7.11 Å². The first kappa shape index (κ1) is 9.59. The van der Waals surface area contributed by atoms with Crippen molar-refractivity contribution in [1.82, 2.24) is 0 Å². The first-order valence-corrected chi connectivity index (χ1v) is 4.15. The van der Waals surface area contributed by atoms with Crippen LogP contribution in [-0.2, 0) is 0 Å². The van der Waals surface area contributed by atoms with Gasteiger partial charge in [-0.3, -0.25) is 0 Å². The van der Waals surface area contributed by atoms with Gasteiger partial charge in [-0.25, -0.2) is 0 Å². The number of benzene rings is 1. The zero-order valence-corrected chi connectivity index (χ0v) is 8.13. The average molecular weight is 174 g/mol. The van der Waals surface area contributed by atoms with E-state index in [2.05, 4.69) is 13.2 Å². The van der Waals surface area contributed by atoms with Crippen LogP contribution in [0, 0.1) is 0 Å². The van der Waals surface area contributed by atoms with Gasteiger partial charge in [0.15, 0.2) is 0 Å². The zero-order valence-electron chi connectivity index (χ0n) is 8.13. The molecular formula is C12H14O. The molecule has 1 rings (SSSR count). The summed E-state index contributed by atoms with van der Waals surface area (Å²) in [6.07, 6.45) is 1.82. The highest BCUT2D eigenvalue weighted by atomic mass is 16.5. The van der Waals surface area contributed by atoms with Crippen molar-refractivity contribution in [2.45, 2.75) is 6.92 Å². The SMILES string of the molecule is C=Cc1ccc(OC)cc1C(=C)C. The molecule has 0 saturated carbocycles. The molecule has 1 nitrogen and oxygen atoms in total. The molecule has 0 unspecified atom stereocenters. The molecule has 0 aromatic heterocycles. The Hall–Kier alpha value is -1.50. The Morgan fingerprint density at radius 2 is 2.15 bits per heavy atom. The lowest BCUT2D eigenvalue weighted by Crippen LogP contribution is -1.88. The van der Waals surface area contributed by atoms with Gasteiger partial charge in [0.2, 0.25) is 0 Å². The number of hydrogen-bond acceptors (Lipinski definition) is 1. The molecule has 0 bridgehead atoms. The van der Waals surface area contributed by atoms with Crippen molar-refractivity contribution in [1.29, 1.82) is 0 Å². The van der Waals surface area contributed by atoms with Gasteiger partial charge in [-0.05, 0) is 30.2 Å². The van der Waals surface area contributed by atoms with Gasteiger partial charge in [0.25, 0.3) is 0 Å². The topological polar surface area (TPSA) is 9.23 Å². The quantitative estimate of drug-likeness (QED) is 0.682. The minimum Gasteiger partial charge on any atom is -0.497 e. The number of hydrogen-bond donors (Lipinski definition) is 0. The summed E-state index contributed by atoms with van der Waals surface area (Å²) in [5.74, 6) is 0.851.